The second kappa shape index (κ2) is 7.49. The molecule has 0 spiro atoms. The molecule has 0 bridgehead atoms. The summed E-state index contributed by atoms with van der Waals surface area (Å²) in [5, 5.41) is 26.8. The van der Waals surface area contributed by atoms with Crippen LogP contribution in [0.25, 0.3) is 22.9 Å². The number of hydrogen-bond acceptors (Lipinski definition) is 9. The summed E-state index contributed by atoms with van der Waals surface area (Å²) in [5.74, 6) is -2.23. The van der Waals surface area contributed by atoms with Gasteiger partial charge in [-0.2, -0.15) is 44.8 Å². The van der Waals surface area contributed by atoms with Gasteiger partial charge in [0.2, 0.25) is 0 Å². The highest BCUT2D eigenvalue weighted by atomic mass is 32.1. The third-order valence-electron chi connectivity index (χ3n) is 4.28. The number of carboxylic acids is 1. The first kappa shape index (κ1) is 22.1. The van der Waals surface area contributed by atoms with E-state index >= 15 is 0 Å². The number of thiol groups is 1. The number of carbonyl (C=O) groups is 1. The number of aromatic carboxylic acids is 1. The molecule has 4 aromatic heterocycles. The second-order valence-corrected chi connectivity index (χ2v) is 7.85. The van der Waals surface area contributed by atoms with Gasteiger partial charge >= 0.3 is 12.1 Å². The average Bonchev–Trinajstić information content (AvgIpc) is 3.30. The molecule has 0 saturated heterocycles. The third-order valence-corrected chi connectivity index (χ3v) is 4.89. The molecule has 4 heterocycles. The Kier molecular flexibility index (Phi) is 5.17. The molecule has 0 aromatic carbocycles. The maximum Gasteiger partial charge on any atom is 0.433 e. The SMILES string of the molecule is CC(O)c1nc2nc(C(F)(F)F)cc(-c3nc4nc(C(C)S)nn4c([S])c3C(=O)O)n2n1. The van der Waals surface area contributed by atoms with Gasteiger partial charge in [-0.05, 0) is 19.9 Å². The van der Waals surface area contributed by atoms with Crippen LogP contribution >= 0.6 is 25.3 Å². The second-order valence-electron chi connectivity index (χ2n) is 6.69. The smallest absolute Gasteiger partial charge is 0.433 e. The fourth-order valence-electron chi connectivity index (χ4n) is 2.82. The van der Waals surface area contributed by atoms with Crippen molar-refractivity contribution >= 4 is 42.8 Å². The molecule has 0 aliphatic rings. The summed E-state index contributed by atoms with van der Waals surface area (Å²) in [7, 11) is 0. The molecule has 2 N–H and O–H groups in total. The Labute approximate surface area is 187 Å². The van der Waals surface area contributed by atoms with Crippen molar-refractivity contribution in [1.29, 1.82) is 0 Å². The number of alkyl halides is 3. The molecule has 11 nitrogen and oxygen atoms in total. The molecule has 16 heteroatoms. The number of fused-ring (bicyclic) bond motifs is 2. The van der Waals surface area contributed by atoms with E-state index in [0.29, 0.717) is 6.07 Å². The van der Waals surface area contributed by atoms with E-state index in [-0.39, 0.29) is 22.5 Å². The van der Waals surface area contributed by atoms with Gasteiger partial charge in [0, 0.05) is 0 Å². The van der Waals surface area contributed by atoms with Gasteiger partial charge < -0.3 is 10.2 Å². The fourth-order valence-corrected chi connectivity index (χ4v) is 3.24. The molecule has 0 fully saturated rings. The lowest BCUT2D eigenvalue weighted by atomic mass is 10.1. The third kappa shape index (κ3) is 3.59. The normalized spacial score (nSPS) is 14.2. The molecule has 1 radical (unpaired) electrons. The number of halogens is 3. The zero-order valence-corrected chi connectivity index (χ0v) is 17.8. The van der Waals surface area contributed by atoms with E-state index in [1.165, 1.54) is 6.92 Å². The van der Waals surface area contributed by atoms with Crippen molar-refractivity contribution in [2.75, 3.05) is 0 Å². The maximum atomic E-state index is 13.5. The molecular formula is C16H12F3N8O3S2. The van der Waals surface area contributed by atoms with Crippen LogP contribution in [0, 0.1) is 0 Å². The molecule has 32 heavy (non-hydrogen) atoms. The summed E-state index contributed by atoms with van der Waals surface area (Å²) in [6.45, 7) is 2.97. The Bertz CT molecular complexity index is 1380. The molecule has 167 valence electrons. The van der Waals surface area contributed by atoms with Crippen LogP contribution in [0.15, 0.2) is 11.1 Å². The lowest BCUT2D eigenvalue weighted by molar-refractivity contribution is -0.141. The number of rotatable bonds is 4. The number of hydrogen-bond donors (Lipinski definition) is 3. The molecule has 4 rings (SSSR count). The van der Waals surface area contributed by atoms with E-state index < -0.39 is 51.9 Å². The van der Waals surface area contributed by atoms with E-state index in [1.807, 2.05) is 0 Å². The zero-order chi connectivity index (χ0) is 23.5. The summed E-state index contributed by atoms with van der Waals surface area (Å²) in [6.07, 6.45) is -6.11. The van der Waals surface area contributed by atoms with Crippen molar-refractivity contribution in [2.24, 2.45) is 0 Å². The summed E-state index contributed by atoms with van der Waals surface area (Å²) < 4.78 is 42.3. The molecule has 0 aliphatic heterocycles. The van der Waals surface area contributed by atoms with Crippen molar-refractivity contribution in [3.63, 3.8) is 0 Å². The first-order chi connectivity index (χ1) is 14.9. The fraction of sp³-hybridized carbons (Fsp3) is 0.312. The van der Waals surface area contributed by atoms with Crippen molar-refractivity contribution in [3.05, 3.63) is 29.0 Å². The van der Waals surface area contributed by atoms with E-state index in [9.17, 15) is 28.2 Å². The quantitative estimate of drug-likeness (QED) is 0.293. The van der Waals surface area contributed by atoms with E-state index in [1.54, 1.807) is 6.92 Å². The lowest BCUT2D eigenvalue weighted by Crippen LogP contribution is -2.14. The standard InChI is InChI=1S/C16H12F3N8O3S2/c1-4(28)10-22-14-20-7(16(17,18)19)3-6(26(14)24-10)9-8(13(29)30)12(32)27-15(21-9)23-11(25-27)5(2)31/h3-5,28,31H,1-2H3,(H,29,30). The van der Waals surface area contributed by atoms with Crippen LogP contribution in [-0.2, 0) is 6.18 Å². The van der Waals surface area contributed by atoms with Crippen LogP contribution in [0.2, 0.25) is 0 Å². The molecule has 4 aromatic rings. The van der Waals surface area contributed by atoms with Crippen LogP contribution in [-0.4, -0.2) is 55.3 Å². The average molecular weight is 485 g/mol. The van der Waals surface area contributed by atoms with Crippen LogP contribution in [0.1, 0.15) is 52.9 Å². The van der Waals surface area contributed by atoms with Crippen LogP contribution < -0.4 is 0 Å². The van der Waals surface area contributed by atoms with Crippen molar-refractivity contribution in [1.82, 2.24) is 39.2 Å². The molecule has 0 saturated carbocycles. The number of aromatic nitrogens is 8. The van der Waals surface area contributed by atoms with Crippen LogP contribution in [0.5, 0.6) is 0 Å². The van der Waals surface area contributed by atoms with Gasteiger partial charge in [0.05, 0.1) is 10.9 Å². The van der Waals surface area contributed by atoms with Gasteiger partial charge in [-0.25, -0.2) is 14.8 Å². The largest absolute Gasteiger partial charge is 0.478 e. The monoisotopic (exact) mass is 485 g/mol. The van der Waals surface area contributed by atoms with Crippen molar-refractivity contribution < 1.29 is 28.2 Å². The highest BCUT2D eigenvalue weighted by Crippen LogP contribution is 2.34. The first-order valence-electron chi connectivity index (χ1n) is 8.81. The summed E-state index contributed by atoms with van der Waals surface area (Å²) in [5.41, 5.74) is -2.80. The summed E-state index contributed by atoms with van der Waals surface area (Å²) in [4.78, 5) is 27.5. The Morgan fingerprint density at radius 2 is 1.69 bits per heavy atom. The maximum absolute atomic E-state index is 13.5. The van der Waals surface area contributed by atoms with Crippen LogP contribution in [0.4, 0.5) is 13.2 Å². The number of aliphatic hydroxyl groups excluding tert-OH is 1. The zero-order valence-electron chi connectivity index (χ0n) is 16.1. The van der Waals surface area contributed by atoms with Gasteiger partial charge in [-0.1, -0.05) is 12.6 Å². The van der Waals surface area contributed by atoms with Crippen molar-refractivity contribution in [3.8, 4) is 11.4 Å². The first-order valence-corrected chi connectivity index (χ1v) is 9.73. The molecule has 0 amide bonds. The van der Waals surface area contributed by atoms with Gasteiger partial charge in [0.15, 0.2) is 17.3 Å². The number of carboxylic acid groups (broad SMARTS) is 1. The van der Waals surface area contributed by atoms with Gasteiger partial charge in [-0.15, -0.1) is 10.2 Å². The highest BCUT2D eigenvalue weighted by molar-refractivity contribution is 7.80. The minimum absolute atomic E-state index is 0.139. The van der Waals surface area contributed by atoms with E-state index in [0.717, 1.165) is 9.03 Å². The minimum atomic E-state index is -4.89. The van der Waals surface area contributed by atoms with Crippen LogP contribution in [0.3, 0.4) is 0 Å². The number of aliphatic hydroxyl groups is 1. The van der Waals surface area contributed by atoms with Gasteiger partial charge in [0.25, 0.3) is 11.6 Å². The number of nitrogens with zero attached hydrogens (tertiary/aromatic N) is 8. The Hall–Kier alpha value is -3.11. The predicted octanol–water partition coefficient (Wildman–Crippen LogP) is 2.55. The van der Waals surface area contributed by atoms with Gasteiger partial charge in [-0.3, -0.25) is 0 Å². The molecule has 2 unspecified atom stereocenters. The van der Waals surface area contributed by atoms with E-state index in [2.05, 4.69) is 42.8 Å². The predicted molar refractivity (Wildman–Crippen MR) is 106 cm³/mol. The topological polar surface area (TPSA) is 144 Å². The molecule has 0 aliphatic carbocycles. The Balaban J connectivity index is 2.13. The Morgan fingerprint density at radius 3 is 2.25 bits per heavy atom. The van der Waals surface area contributed by atoms with Gasteiger partial charge in [0.1, 0.15) is 22.4 Å². The summed E-state index contributed by atoms with van der Waals surface area (Å²) in [6, 6.07) is 0.575. The minimum Gasteiger partial charge on any atom is -0.478 e. The highest BCUT2D eigenvalue weighted by Gasteiger charge is 2.36. The lowest BCUT2D eigenvalue weighted by Gasteiger charge is -2.12. The van der Waals surface area contributed by atoms with E-state index in [4.69, 9.17) is 12.6 Å². The molecule has 2 atom stereocenters. The molecular weight excluding hydrogens is 473 g/mol. The van der Waals surface area contributed by atoms with Crippen molar-refractivity contribution in [2.45, 2.75) is 36.4 Å². The summed E-state index contributed by atoms with van der Waals surface area (Å²) >= 11 is 9.44. The Morgan fingerprint density at radius 1 is 1.09 bits per heavy atom.